The van der Waals surface area contributed by atoms with Crippen LogP contribution in [-0.4, -0.2) is 61.0 Å². The number of carbonyl (C=O) groups is 2. The van der Waals surface area contributed by atoms with E-state index in [2.05, 4.69) is 10.6 Å². The van der Waals surface area contributed by atoms with Gasteiger partial charge in [0.2, 0.25) is 0 Å². The maximum absolute atomic E-state index is 14.9. The summed E-state index contributed by atoms with van der Waals surface area (Å²) in [5.41, 5.74) is 6.61. The van der Waals surface area contributed by atoms with E-state index in [-0.39, 0.29) is 36.2 Å². The molecule has 0 unspecified atom stereocenters. The maximum atomic E-state index is 14.9. The molecule has 35 heavy (non-hydrogen) atoms. The average Bonchev–Trinajstić information content (AvgIpc) is 2.85. The monoisotopic (exact) mass is 512 g/mol. The Morgan fingerprint density at radius 1 is 1.20 bits per heavy atom. The summed E-state index contributed by atoms with van der Waals surface area (Å²) < 4.78 is 20.8. The van der Waals surface area contributed by atoms with E-state index in [0.29, 0.717) is 31.1 Å². The molecule has 0 aromatic heterocycles. The van der Waals surface area contributed by atoms with Gasteiger partial charge in [-0.05, 0) is 31.2 Å². The molecule has 0 bridgehead atoms. The first-order chi connectivity index (χ1) is 16.8. The van der Waals surface area contributed by atoms with Gasteiger partial charge in [-0.3, -0.25) is 0 Å². The molecule has 10 heteroatoms. The Bertz CT molecular complexity index is 840. The van der Waals surface area contributed by atoms with E-state index in [1.54, 1.807) is 17.0 Å². The number of likely N-dealkylation sites (tertiary alicyclic amines) is 1. The van der Waals surface area contributed by atoms with Crippen LogP contribution < -0.4 is 16.4 Å². The lowest BCUT2D eigenvalue weighted by Crippen LogP contribution is -2.49. The molecule has 1 aliphatic carbocycles. The van der Waals surface area contributed by atoms with E-state index in [4.69, 9.17) is 27.2 Å². The third-order valence-electron chi connectivity index (χ3n) is 7.01. The van der Waals surface area contributed by atoms with Gasteiger partial charge in [0, 0.05) is 43.7 Å². The summed E-state index contributed by atoms with van der Waals surface area (Å²) in [5, 5.41) is 14.0. The van der Waals surface area contributed by atoms with Gasteiger partial charge >= 0.3 is 12.1 Å². The first-order valence-electron chi connectivity index (χ1n) is 12.7. The normalized spacial score (nSPS) is 20.8. The van der Waals surface area contributed by atoms with Gasteiger partial charge in [0.05, 0.1) is 17.7 Å². The minimum absolute atomic E-state index is 0.00266. The molecule has 3 atom stereocenters. The van der Waals surface area contributed by atoms with Gasteiger partial charge in [-0.2, -0.15) is 0 Å². The van der Waals surface area contributed by atoms with Crippen molar-refractivity contribution in [1.82, 2.24) is 15.5 Å². The zero-order valence-corrected chi connectivity index (χ0v) is 20.9. The second kappa shape index (κ2) is 13.8. The number of nitrogens with zero attached hydrogens (tertiary/aromatic N) is 1. The van der Waals surface area contributed by atoms with Crippen LogP contribution in [0.15, 0.2) is 18.2 Å². The topological polar surface area (TPSA) is 117 Å². The molecule has 1 heterocycles. The number of carbonyl (C=O) groups excluding carboxylic acids is 1. The fraction of sp³-hybridized carbons (Fsp3) is 0.680. The molecule has 2 fully saturated rings. The van der Waals surface area contributed by atoms with Crippen molar-refractivity contribution < 1.29 is 23.8 Å². The van der Waals surface area contributed by atoms with Crippen LogP contribution in [0.25, 0.3) is 0 Å². The van der Waals surface area contributed by atoms with E-state index >= 15 is 0 Å². The minimum Gasteiger partial charge on any atom is -0.465 e. The first-order valence-corrected chi connectivity index (χ1v) is 13.0. The van der Waals surface area contributed by atoms with Gasteiger partial charge in [-0.1, -0.05) is 55.8 Å². The molecule has 2 aliphatic rings. The molecule has 0 spiro atoms. The Hall–Kier alpha value is -2.10. The van der Waals surface area contributed by atoms with Crippen LogP contribution in [0.3, 0.4) is 0 Å². The lowest BCUT2D eigenvalue weighted by atomic mass is 9.85. The summed E-state index contributed by atoms with van der Waals surface area (Å²) in [6.45, 7) is 1.57. The predicted octanol–water partition coefficient (Wildman–Crippen LogP) is 4.52. The van der Waals surface area contributed by atoms with Crippen LogP contribution >= 0.6 is 11.6 Å². The van der Waals surface area contributed by atoms with Crippen LogP contribution in [0.1, 0.15) is 63.0 Å². The Morgan fingerprint density at radius 2 is 1.97 bits per heavy atom. The third-order valence-corrected chi connectivity index (χ3v) is 7.31. The third kappa shape index (κ3) is 8.51. The fourth-order valence-electron chi connectivity index (χ4n) is 5.27. The highest BCUT2D eigenvalue weighted by atomic mass is 35.5. The quantitative estimate of drug-likeness (QED) is 0.344. The number of halogens is 2. The number of nitrogens with two attached hydrogens (primary N) is 1. The Kier molecular flexibility index (Phi) is 10.9. The van der Waals surface area contributed by atoms with Crippen molar-refractivity contribution in [2.45, 2.75) is 63.5 Å². The van der Waals surface area contributed by atoms with Crippen LogP contribution in [0.4, 0.5) is 14.0 Å². The molecule has 8 nitrogen and oxygen atoms in total. The SMILES string of the molecule is N[C@H](CNC(=O)N1CCC[C@@H]([C@@H](OCCNC(=O)O)c2cccc(Cl)c2F)C1)CC1CCCCC1. The second-order valence-electron chi connectivity index (χ2n) is 9.70. The number of hydrogen-bond acceptors (Lipinski definition) is 4. The van der Waals surface area contributed by atoms with Crippen LogP contribution in [0.2, 0.25) is 5.02 Å². The molecule has 1 saturated heterocycles. The molecule has 1 saturated carbocycles. The highest BCUT2D eigenvalue weighted by Crippen LogP contribution is 2.36. The average molecular weight is 513 g/mol. The van der Waals surface area contributed by atoms with Gasteiger partial charge in [0.15, 0.2) is 0 Å². The van der Waals surface area contributed by atoms with Gasteiger partial charge in [0.25, 0.3) is 0 Å². The zero-order chi connectivity index (χ0) is 25.2. The van der Waals surface area contributed by atoms with Gasteiger partial charge in [-0.25, -0.2) is 14.0 Å². The standard InChI is InChI=1S/C25H38ClFN4O4/c26-21-10-4-9-20(22(21)27)23(35-13-11-29-25(33)34)18-8-5-12-31(16-18)24(32)30-15-19(28)14-17-6-2-1-3-7-17/h4,9-10,17-19,23,29H,1-3,5-8,11-16,28H2,(H,30,32)(H,33,34)/t18-,19+,23-/m1/s1. The lowest BCUT2D eigenvalue weighted by molar-refractivity contribution is -0.0103. The van der Waals surface area contributed by atoms with Crippen molar-refractivity contribution in [1.29, 1.82) is 0 Å². The molecule has 3 rings (SSSR count). The molecule has 1 aliphatic heterocycles. The molecule has 3 amide bonds. The number of ether oxygens (including phenoxy) is 1. The molecular formula is C25H38ClFN4O4. The number of amides is 3. The summed E-state index contributed by atoms with van der Waals surface area (Å²) >= 11 is 6.01. The van der Waals surface area contributed by atoms with Crippen molar-refractivity contribution in [3.63, 3.8) is 0 Å². The van der Waals surface area contributed by atoms with Crippen molar-refractivity contribution in [2.24, 2.45) is 17.6 Å². The van der Waals surface area contributed by atoms with Crippen molar-refractivity contribution >= 4 is 23.7 Å². The second-order valence-corrected chi connectivity index (χ2v) is 10.1. The predicted molar refractivity (Wildman–Crippen MR) is 133 cm³/mol. The molecule has 196 valence electrons. The van der Waals surface area contributed by atoms with Crippen LogP contribution in [0, 0.1) is 17.7 Å². The fourth-order valence-corrected chi connectivity index (χ4v) is 5.45. The number of benzene rings is 1. The molecule has 5 N–H and O–H groups in total. The number of hydrogen-bond donors (Lipinski definition) is 4. The summed E-state index contributed by atoms with van der Waals surface area (Å²) in [5.74, 6) is -0.0695. The Labute approximate surface area is 211 Å². The van der Waals surface area contributed by atoms with Crippen molar-refractivity contribution in [2.75, 3.05) is 32.8 Å². The molecule has 1 aromatic rings. The Balaban J connectivity index is 1.58. The highest BCUT2D eigenvalue weighted by molar-refractivity contribution is 6.30. The van der Waals surface area contributed by atoms with E-state index in [9.17, 15) is 14.0 Å². The summed E-state index contributed by atoms with van der Waals surface area (Å²) in [4.78, 5) is 25.4. The maximum Gasteiger partial charge on any atom is 0.404 e. The van der Waals surface area contributed by atoms with Crippen LogP contribution in [0.5, 0.6) is 0 Å². The number of rotatable bonds is 10. The number of carboxylic acid groups (broad SMARTS) is 1. The highest BCUT2D eigenvalue weighted by Gasteiger charge is 2.33. The van der Waals surface area contributed by atoms with Crippen molar-refractivity contribution in [3.8, 4) is 0 Å². The van der Waals surface area contributed by atoms with Gasteiger partial charge < -0.3 is 31.1 Å². The Morgan fingerprint density at radius 3 is 2.71 bits per heavy atom. The van der Waals surface area contributed by atoms with E-state index < -0.39 is 18.0 Å². The van der Waals surface area contributed by atoms with E-state index in [1.807, 2.05) is 0 Å². The molecular weight excluding hydrogens is 475 g/mol. The number of nitrogens with one attached hydrogen (secondary N) is 2. The van der Waals surface area contributed by atoms with Crippen molar-refractivity contribution in [3.05, 3.63) is 34.6 Å². The molecule has 1 aromatic carbocycles. The summed E-state index contributed by atoms with van der Waals surface area (Å²) in [7, 11) is 0. The lowest BCUT2D eigenvalue weighted by Gasteiger charge is -2.37. The minimum atomic E-state index is -1.15. The van der Waals surface area contributed by atoms with Crippen LogP contribution in [-0.2, 0) is 4.74 Å². The summed E-state index contributed by atoms with van der Waals surface area (Å²) in [6.07, 6.45) is 6.89. The molecule has 0 radical (unpaired) electrons. The first kappa shape index (κ1) is 27.5. The zero-order valence-electron chi connectivity index (χ0n) is 20.2. The smallest absolute Gasteiger partial charge is 0.404 e. The number of urea groups is 1. The largest absolute Gasteiger partial charge is 0.465 e. The number of piperidine rings is 1. The van der Waals surface area contributed by atoms with E-state index in [1.165, 1.54) is 38.2 Å². The van der Waals surface area contributed by atoms with Gasteiger partial charge in [0.1, 0.15) is 5.82 Å². The summed E-state index contributed by atoms with van der Waals surface area (Å²) in [6, 6.07) is 4.52. The van der Waals surface area contributed by atoms with E-state index in [0.717, 1.165) is 19.3 Å². The van der Waals surface area contributed by atoms with Gasteiger partial charge in [-0.15, -0.1) is 0 Å².